The van der Waals surface area contributed by atoms with Gasteiger partial charge in [0.2, 0.25) is 0 Å². The number of aromatic hydroxyl groups is 1. The van der Waals surface area contributed by atoms with E-state index in [1.165, 1.54) is 17.8 Å². The molecule has 2 rings (SSSR count). The maximum Gasteiger partial charge on any atom is 0.256 e. The zero-order chi connectivity index (χ0) is 13.0. The molecule has 18 heavy (non-hydrogen) atoms. The van der Waals surface area contributed by atoms with Crippen LogP contribution in [0.5, 0.6) is 5.75 Å². The first-order chi connectivity index (χ1) is 8.68. The smallest absolute Gasteiger partial charge is 0.256 e. The largest absolute Gasteiger partial charge is 0.506 e. The first kappa shape index (κ1) is 13.0. The summed E-state index contributed by atoms with van der Waals surface area (Å²) in [6, 6.07) is 14.9. The number of phenols is 1. The van der Waals surface area contributed by atoms with Gasteiger partial charge >= 0.3 is 0 Å². The minimum absolute atomic E-state index is 0.0431. The molecule has 0 spiro atoms. The highest BCUT2D eigenvalue weighted by molar-refractivity contribution is 7.98. The van der Waals surface area contributed by atoms with Crippen molar-refractivity contribution in [2.24, 2.45) is 0 Å². The van der Waals surface area contributed by atoms with E-state index in [9.17, 15) is 9.90 Å². The fraction of sp³-hybridized carbons (Fsp3) is 0.0714. The molecular weight excluding hydrogens is 268 g/mol. The molecule has 0 radical (unpaired) electrons. The third kappa shape index (κ3) is 3.06. The van der Waals surface area contributed by atoms with Crippen molar-refractivity contribution in [2.45, 2.75) is 10.6 Å². The van der Waals surface area contributed by atoms with Crippen molar-refractivity contribution in [3.63, 3.8) is 0 Å². The van der Waals surface area contributed by atoms with Gasteiger partial charge in [-0.1, -0.05) is 36.4 Å². The number of thioether (sulfide) groups is 1. The Hall–Kier alpha value is -1.45. The van der Waals surface area contributed by atoms with Gasteiger partial charge in [0.05, 0.1) is 10.5 Å². The van der Waals surface area contributed by atoms with Crippen LogP contribution in [0.2, 0.25) is 0 Å². The number of halogens is 1. The summed E-state index contributed by atoms with van der Waals surface area (Å²) in [5, 5.41) is 9.27. The maximum absolute atomic E-state index is 11.1. The zero-order valence-electron chi connectivity index (χ0n) is 9.47. The Bertz CT molecular complexity index is 555. The van der Waals surface area contributed by atoms with Gasteiger partial charge in [0.25, 0.3) is 5.24 Å². The minimum Gasteiger partial charge on any atom is -0.506 e. The average Bonchev–Trinajstić information content (AvgIpc) is 2.38. The van der Waals surface area contributed by atoms with Gasteiger partial charge in [0.1, 0.15) is 5.75 Å². The van der Waals surface area contributed by atoms with Crippen LogP contribution in [0.15, 0.2) is 53.4 Å². The maximum atomic E-state index is 11.1. The summed E-state index contributed by atoms with van der Waals surface area (Å²) < 4.78 is 0. The SMILES string of the molecule is O=C(Cl)c1cccc(SCc2ccccc2)c1O. The Balaban J connectivity index is 2.15. The van der Waals surface area contributed by atoms with Crippen LogP contribution in [-0.4, -0.2) is 10.3 Å². The molecule has 0 saturated carbocycles. The lowest BCUT2D eigenvalue weighted by Gasteiger charge is -2.06. The van der Waals surface area contributed by atoms with Crippen LogP contribution in [0, 0.1) is 0 Å². The molecule has 1 N–H and O–H groups in total. The topological polar surface area (TPSA) is 37.3 Å². The predicted molar refractivity (Wildman–Crippen MR) is 74.3 cm³/mol. The van der Waals surface area contributed by atoms with Gasteiger partial charge in [0.15, 0.2) is 0 Å². The molecule has 2 aromatic carbocycles. The molecule has 0 heterocycles. The Kier molecular flexibility index (Phi) is 4.28. The van der Waals surface area contributed by atoms with E-state index in [1.807, 2.05) is 30.3 Å². The van der Waals surface area contributed by atoms with E-state index in [0.717, 1.165) is 11.3 Å². The Labute approximate surface area is 115 Å². The third-order valence-corrected chi connectivity index (χ3v) is 3.77. The molecule has 0 saturated heterocycles. The lowest BCUT2D eigenvalue weighted by molar-refractivity contribution is 0.107. The van der Waals surface area contributed by atoms with Crippen molar-refractivity contribution in [1.82, 2.24) is 0 Å². The summed E-state index contributed by atoms with van der Waals surface area (Å²) in [5.41, 5.74) is 1.30. The Morgan fingerprint density at radius 2 is 1.83 bits per heavy atom. The molecule has 0 bridgehead atoms. The number of hydrogen-bond acceptors (Lipinski definition) is 3. The third-order valence-electron chi connectivity index (χ3n) is 2.45. The van der Waals surface area contributed by atoms with Gasteiger partial charge in [-0.2, -0.15) is 0 Å². The molecule has 0 aliphatic carbocycles. The van der Waals surface area contributed by atoms with E-state index in [1.54, 1.807) is 12.1 Å². The second-order valence-electron chi connectivity index (χ2n) is 3.70. The fourth-order valence-corrected chi connectivity index (χ4v) is 2.62. The summed E-state index contributed by atoms with van der Waals surface area (Å²) in [7, 11) is 0. The lowest BCUT2D eigenvalue weighted by atomic mass is 10.2. The van der Waals surface area contributed by atoms with Crippen LogP contribution in [0.1, 0.15) is 15.9 Å². The van der Waals surface area contributed by atoms with Crippen LogP contribution < -0.4 is 0 Å². The molecule has 4 heteroatoms. The average molecular weight is 279 g/mol. The van der Waals surface area contributed by atoms with Crippen molar-refractivity contribution < 1.29 is 9.90 Å². The van der Waals surface area contributed by atoms with Gasteiger partial charge in [-0.3, -0.25) is 4.79 Å². The molecule has 0 unspecified atom stereocenters. The van der Waals surface area contributed by atoms with Gasteiger partial charge in [-0.25, -0.2) is 0 Å². The van der Waals surface area contributed by atoms with Crippen LogP contribution in [0.3, 0.4) is 0 Å². The van der Waals surface area contributed by atoms with Gasteiger partial charge in [-0.15, -0.1) is 11.8 Å². The molecule has 0 aromatic heterocycles. The molecular formula is C14H11ClO2S. The van der Waals surface area contributed by atoms with Crippen molar-refractivity contribution in [3.05, 3.63) is 59.7 Å². The van der Waals surface area contributed by atoms with Crippen LogP contribution >= 0.6 is 23.4 Å². The standard InChI is InChI=1S/C14H11ClO2S/c15-14(17)11-7-4-8-12(13(11)16)18-9-10-5-2-1-3-6-10/h1-8,16H,9H2. The normalized spacial score (nSPS) is 10.3. The summed E-state index contributed by atoms with van der Waals surface area (Å²) in [6.07, 6.45) is 0. The van der Waals surface area contributed by atoms with Crippen LogP contribution in [-0.2, 0) is 5.75 Å². The van der Waals surface area contributed by atoms with Crippen molar-refractivity contribution in [3.8, 4) is 5.75 Å². The quantitative estimate of drug-likeness (QED) is 0.677. The number of para-hydroxylation sites is 1. The number of benzene rings is 2. The fourth-order valence-electron chi connectivity index (χ4n) is 1.53. The van der Waals surface area contributed by atoms with Crippen LogP contribution in [0.4, 0.5) is 0 Å². The van der Waals surface area contributed by atoms with E-state index < -0.39 is 5.24 Å². The van der Waals surface area contributed by atoms with Crippen LogP contribution in [0.25, 0.3) is 0 Å². The monoisotopic (exact) mass is 278 g/mol. The number of hydrogen-bond donors (Lipinski definition) is 1. The van der Waals surface area contributed by atoms with E-state index in [4.69, 9.17) is 11.6 Å². The highest BCUT2D eigenvalue weighted by Crippen LogP contribution is 2.34. The molecule has 0 amide bonds. The van der Waals surface area contributed by atoms with E-state index in [2.05, 4.69) is 0 Å². The number of carbonyl (C=O) groups excluding carboxylic acids is 1. The Morgan fingerprint density at radius 3 is 2.50 bits per heavy atom. The molecule has 0 aliphatic rings. The molecule has 2 nitrogen and oxygen atoms in total. The van der Waals surface area contributed by atoms with E-state index in [-0.39, 0.29) is 11.3 Å². The van der Waals surface area contributed by atoms with Gasteiger partial charge < -0.3 is 5.11 Å². The highest BCUT2D eigenvalue weighted by atomic mass is 35.5. The lowest BCUT2D eigenvalue weighted by Crippen LogP contribution is -1.90. The van der Waals surface area contributed by atoms with Gasteiger partial charge in [0, 0.05) is 5.75 Å². The van der Waals surface area contributed by atoms with Gasteiger partial charge in [-0.05, 0) is 29.3 Å². The molecule has 2 aromatic rings. The molecule has 0 aliphatic heterocycles. The second kappa shape index (κ2) is 5.94. The summed E-state index contributed by atoms with van der Waals surface area (Å²) in [6.45, 7) is 0. The summed E-state index contributed by atoms with van der Waals surface area (Å²) >= 11 is 6.86. The molecule has 92 valence electrons. The second-order valence-corrected chi connectivity index (χ2v) is 5.06. The van der Waals surface area contributed by atoms with Crippen molar-refractivity contribution >= 4 is 28.6 Å². The van der Waals surface area contributed by atoms with Crippen molar-refractivity contribution in [2.75, 3.05) is 0 Å². The number of carbonyl (C=O) groups is 1. The van der Waals surface area contributed by atoms with Crippen molar-refractivity contribution in [1.29, 1.82) is 0 Å². The summed E-state index contributed by atoms with van der Waals surface area (Å²) in [5.74, 6) is 0.687. The molecule has 0 atom stereocenters. The number of phenolic OH excluding ortho intramolecular Hbond substituents is 1. The van der Waals surface area contributed by atoms with E-state index >= 15 is 0 Å². The Morgan fingerprint density at radius 1 is 1.11 bits per heavy atom. The first-order valence-electron chi connectivity index (χ1n) is 5.37. The first-order valence-corrected chi connectivity index (χ1v) is 6.73. The number of rotatable bonds is 4. The highest BCUT2D eigenvalue weighted by Gasteiger charge is 2.12. The molecule has 0 fully saturated rings. The summed E-state index contributed by atoms with van der Waals surface area (Å²) in [4.78, 5) is 11.7. The minimum atomic E-state index is -0.644. The predicted octanol–water partition coefficient (Wildman–Crippen LogP) is 4.06. The zero-order valence-corrected chi connectivity index (χ0v) is 11.0. The van der Waals surface area contributed by atoms with E-state index in [0.29, 0.717) is 4.90 Å².